The molecule has 0 fully saturated rings. The molecule has 0 spiro atoms. The van der Waals surface area contributed by atoms with Gasteiger partial charge in [0.1, 0.15) is 0 Å². The summed E-state index contributed by atoms with van der Waals surface area (Å²) in [6.45, 7) is 0.514. The highest BCUT2D eigenvalue weighted by Gasteiger charge is 2.06. The van der Waals surface area contributed by atoms with Crippen molar-refractivity contribution in [3.8, 4) is 6.07 Å². The Balaban J connectivity index is 2.36. The molecule has 0 bridgehead atoms. The lowest BCUT2D eigenvalue weighted by Crippen LogP contribution is -2.13. The van der Waals surface area contributed by atoms with Crippen molar-refractivity contribution in [2.24, 2.45) is 0 Å². The fourth-order valence-electron chi connectivity index (χ4n) is 1.05. The highest BCUT2D eigenvalue weighted by atomic mass is 35.5. The number of alkyl halides is 1. The van der Waals surface area contributed by atoms with Gasteiger partial charge in [-0.1, -0.05) is 30.3 Å². The molecule has 1 rings (SSSR count). The summed E-state index contributed by atoms with van der Waals surface area (Å²) in [4.78, 5) is 0. The van der Waals surface area contributed by atoms with Crippen molar-refractivity contribution in [2.75, 3.05) is 5.88 Å². The van der Waals surface area contributed by atoms with Crippen molar-refractivity contribution in [2.45, 2.75) is 19.1 Å². The van der Waals surface area contributed by atoms with Crippen LogP contribution >= 0.6 is 11.6 Å². The molecule has 0 aliphatic heterocycles. The minimum absolute atomic E-state index is 0.165. The van der Waals surface area contributed by atoms with Crippen LogP contribution in [0.15, 0.2) is 30.3 Å². The van der Waals surface area contributed by atoms with Gasteiger partial charge in [0.15, 0.2) is 0 Å². The molecule has 0 aromatic heterocycles. The highest BCUT2D eigenvalue weighted by molar-refractivity contribution is 6.18. The molecule has 1 aromatic rings. The van der Waals surface area contributed by atoms with Gasteiger partial charge in [-0.05, 0) is 5.56 Å². The summed E-state index contributed by atoms with van der Waals surface area (Å²) < 4.78 is 5.46. The number of ether oxygens (including phenoxy) is 1. The van der Waals surface area contributed by atoms with E-state index in [4.69, 9.17) is 21.6 Å². The Kier molecular flexibility index (Phi) is 5.06. The minimum atomic E-state index is -0.165. The predicted octanol–water partition coefficient (Wildman–Crippen LogP) is 2.72. The van der Waals surface area contributed by atoms with E-state index in [9.17, 15) is 0 Å². The van der Waals surface area contributed by atoms with Crippen LogP contribution in [0.25, 0.3) is 0 Å². The number of hydrogen-bond acceptors (Lipinski definition) is 2. The fraction of sp³-hybridized carbons (Fsp3) is 0.364. The zero-order chi connectivity index (χ0) is 10.2. The summed E-state index contributed by atoms with van der Waals surface area (Å²) in [5.74, 6) is 0.362. The Morgan fingerprint density at radius 2 is 2.07 bits per heavy atom. The van der Waals surface area contributed by atoms with Crippen LogP contribution in [0, 0.1) is 11.3 Å². The fourth-order valence-corrected chi connectivity index (χ4v) is 1.25. The molecule has 0 heterocycles. The lowest BCUT2D eigenvalue weighted by atomic mass is 10.2. The second-order valence-electron chi connectivity index (χ2n) is 2.94. The largest absolute Gasteiger partial charge is 0.371 e. The maximum atomic E-state index is 8.48. The summed E-state index contributed by atoms with van der Waals surface area (Å²) in [5.41, 5.74) is 1.10. The molecule has 2 nitrogen and oxygen atoms in total. The number of nitrogens with zero attached hydrogens (tertiary/aromatic N) is 1. The lowest BCUT2D eigenvalue weighted by molar-refractivity contribution is 0.0586. The van der Waals surface area contributed by atoms with Gasteiger partial charge in [0.05, 0.1) is 25.2 Å². The Bertz CT molecular complexity index is 294. The van der Waals surface area contributed by atoms with Crippen molar-refractivity contribution in [1.29, 1.82) is 5.26 Å². The molecule has 74 valence electrons. The maximum Gasteiger partial charge on any atom is 0.0844 e. The zero-order valence-electron chi connectivity index (χ0n) is 7.82. The van der Waals surface area contributed by atoms with Crippen LogP contribution in [-0.2, 0) is 11.3 Å². The van der Waals surface area contributed by atoms with Crippen LogP contribution < -0.4 is 0 Å². The van der Waals surface area contributed by atoms with Crippen LogP contribution in [0.5, 0.6) is 0 Å². The molecule has 0 saturated carbocycles. The number of hydrogen-bond donors (Lipinski definition) is 0. The normalized spacial score (nSPS) is 12.0. The van der Waals surface area contributed by atoms with Gasteiger partial charge >= 0.3 is 0 Å². The molecule has 14 heavy (non-hydrogen) atoms. The number of rotatable bonds is 5. The summed E-state index contributed by atoms with van der Waals surface area (Å²) in [5, 5.41) is 8.48. The van der Waals surface area contributed by atoms with Gasteiger partial charge in [0.2, 0.25) is 0 Å². The van der Waals surface area contributed by atoms with E-state index in [1.165, 1.54) is 0 Å². The first-order valence-corrected chi connectivity index (χ1v) is 4.98. The molecule has 0 radical (unpaired) electrons. The summed E-state index contributed by atoms with van der Waals surface area (Å²) in [6, 6.07) is 11.9. The van der Waals surface area contributed by atoms with E-state index in [0.717, 1.165) is 5.56 Å². The van der Waals surface area contributed by atoms with Crippen LogP contribution in [0.3, 0.4) is 0 Å². The van der Waals surface area contributed by atoms with Crippen molar-refractivity contribution >= 4 is 11.6 Å². The van der Waals surface area contributed by atoms with Gasteiger partial charge in [0, 0.05) is 5.88 Å². The Morgan fingerprint density at radius 3 is 2.64 bits per heavy atom. The van der Waals surface area contributed by atoms with Gasteiger partial charge in [-0.3, -0.25) is 0 Å². The minimum Gasteiger partial charge on any atom is -0.371 e. The Labute approximate surface area is 89.1 Å². The topological polar surface area (TPSA) is 33.0 Å². The van der Waals surface area contributed by atoms with E-state index in [1.54, 1.807) is 0 Å². The molecular formula is C11H12ClNO. The second-order valence-corrected chi connectivity index (χ2v) is 3.24. The van der Waals surface area contributed by atoms with E-state index in [1.807, 2.05) is 36.4 Å². The first kappa shape index (κ1) is 11.0. The van der Waals surface area contributed by atoms with Crippen LogP contribution in [0.2, 0.25) is 0 Å². The van der Waals surface area contributed by atoms with Crippen LogP contribution in [0.1, 0.15) is 12.0 Å². The summed E-state index contributed by atoms with van der Waals surface area (Å²) in [6.07, 6.45) is 0.179. The van der Waals surface area contributed by atoms with Gasteiger partial charge in [-0.25, -0.2) is 0 Å². The Morgan fingerprint density at radius 1 is 1.36 bits per heavy atom. The first-order chi connectivity index (χ1) is 6.86. The average Bonchev–Trinajstić information content (AvgIpc) is 2.25. The molecule has 1 atom stereocenters. The van der Waals surface area contributed by atoms with E-state index >= 15 is 0 Å². The van der Waals surface area contributed by atoms with Crippen LogP contribution in [0.4, 0.5) is 0 Å². The van der Waals surface area contributed by atoms with Gasteiger partial charge in [0.25, 0.3) is 0 Å². The summed E-state index contributed by atoms with van der Waals surface area (Å²) in [7, 11) is 0. The maximum absolute atomic E-state index is 8.48. The molecule has 0 N–H and O–H groups in total. The Hall–Kier alpha value is -1.04. The smallest absolute Gasteiger partial charge is 0.0844 e. The summed E-state index contributed by atoms with van der Waals surface area (Å²) >= 11 is 5.64. The number of halogens is 1. The van der Waals surface area contributed by atoms with E-state index in [2.05, 4.69) is 0 Å². The molecule has 0 saturated heterocycles. The van der Waals surface area contributed by atoms with E-state index in [-0.39, 0.29) is 6.10 Å². The molecular weight excluding hydrogens is 198 g/mol. The molecule has 1 unspecified atom stereocenters. The third-order valence-electron chi connectivity index (χ3n) is 1.82. The molecule has 0 amide bonds. The molecule has 0 aliphatic carbocycles. The highest BCUT2D eigenvalue weighted by Crippen LogP contribution is 2.06. The first-order valence-electron chi connectivity index (χ1n) is 4.45. The lowest BCUT2D eigenvalue weighted by Gasteiger charge is -2.11. The molecule has 3 heteroatoms. The van der Waals surface area contributed by atoms with E-state index < -0.39 is 0 Å². The van der Waals surface area contributed by atoms with Crippen molar-refractivity contribution in [1.82, 2.24) is 0 Å². The van der Waals surface area contributed by atoms with Crippen molar-refractivity contribution in [3.63, 3.8) is 0 Å². The van der Waals surface area contributed by atoms with E-state index in [0.29, 0.717) is 18.9 Å². The van der Waals surface area contributed by atoms with Gasteiger partial charge < -0.3 is 4.74 Å². The van der Waals surface area contributed by atoms with Crippen molar-refractivity contribution < 1.29 is 4.74 Å². The number of nitriles is 1. The quantitative estimate of drug-likeness (QED) is 0.699. The standard InChI is InChI=1S/C11H12ClNO/c12-8-11(6-7-13)14-9-10-4-2-1-3-5-10/h1-5,11H,6,8-9H2. The van der Waals surface area contributed by atoms with Gasteiger partial charge in [-0.2, -0.15) is 5.26 Å². The zero-order valence-corrected chi connectivity index (χ0v) is 8.57. The third kappa shape index (κ3) is 3.78. The second kappa shape index (κ2) is 6.42. The third-order valence-corrected chi connectivity index (χ3v) is 2.16. The monoisotopic (exact) mass is 209 g/mol. The molecule has 0 aliphatic rings. The average molecular weight is 210 g/mol. The van der Waals surface area contributed by atoms with Crippen LogP contribution in [-0.4, -0.2) is 12.0 Å². The van der Waals surface area contributed by atoms with Gasteiger partial charge in [-0.15, -0.1) is 11.6 Å². The SMILES string of the molecule is N#CCC(CCl)OCc1ccccc1. The van der Waals surface area contributed by atoms with Crippen molar-refractivity contribution in [3.05, 3.63) is 35.9 Å². The molecule has 1 aromatic carbocycles. The number of benzene rings is 1. The predicted molar refractivity (Wildman–Crippen MR) is 56.0 cm³/mol.